The van der Waals surface area contributed by atoms with Crippen molar-refractivity contribution in [2.24, 2.45) is 17.3 Å². The van der Waals surface area contributed by atoms with Gasteiger partial charge in [-0.3, -0.25) is 0 Å². The van der Waals surface area contributed by atoms with Crippen molar-refractivity contribution < 1.29 is 19.7 Å². The number of carbonyl (C=O) groups is 1. The molecule has 0 unspecified atom stereocenters. The van der Waals surface area contributed by atoms with Crippen LogP contribution in [0.1, 0.15) is 40.0 Å². The molecule has 1 saturated heterocycles. The first-order valence-electron chi connectivity index (χ1n) is 7.08. The maximum atomic E-state index is 11.8. The second kappa shape index (κ2) is 3.83. The third-order valence-corrected chi connectivity index (χ3v) is 5.27. The molecule has 0 aromatic carbocycles. The van der Waals surface area contributed by atoms with Crippen LogP contribution in [0.3, 0.4) is 0 Å². The first kappa shape index (κ1) is 13.1. The fourth-order valence-corrected chi connectivity index (χ4v) is 4.32. The van der Waals surface area contributed by atoms with Crippen molar-refractivity contribution in [2.45, 2.75) is 57.8 Å². The van der Waals surface area contributed by atoms with E-state index in [1.807, 2.05) is 0 Å². The molecule has 2 N–H and O–H groups in total. The molecule has 4 nitrogen and oxygen atoms in total. The highest BCUT2D eigenvalue weighted by Gasteiger charge is 2.57. The summed E-state index contributed by atoms with van der Waals surface area (Å²) in [5.74, 6) is -0.475. The number of ether oxygens (including phenoxy) is 1. The Morgan fingerprint density at radius 2 is 2.05 bits per heavy atom. The zero-order valence-electron chi connectivity index (χ0n) is 11.7. The molecular formula is C15H22O4. The molecule has 0 radical (unpaired) electrons. The van der Waals surface area contributed by atoms with Crippen LogP contribution >= 0.6 is 0 Å². The van der Waals surface area contributed by atoms with Crippen molar-refractivity contribution in [1.82, 2.24) is 0 Å². The largest absolute Gasteiger partial charge is 0.459 e. The summed E-state index contributed by atoms with van der Waals surface area (Å²) >= 11 is 0. The Kier molecular flexibility index (Phi) is 2.64. The molecule has 2 aliphatic carbocycles. The van der Waals surface area contributed by atoms with Gasteiger partial charge in [0, 0.05) is 0 Å². The van der Waals surface area contributed by atoms with Gasteiger partial charge in [0.1, 0.15) is 6.10 Å². The van der Waals surface area contributed by atoms with Gasteiger partial charge in [-0.2, -0.15) is 0 Å². The van der Waals surface area contributed by atoms with Gasteiger partial charge in [0.2, 0.25) is 0 Å². The van der Waals surface area contributed by atoms with E-state index in [0.29, 0.717) is 18.8 Å². The van der Waals surface area contributed by atoms with Crippen LogP contribution in [0.2, 0.25) is 0 Å². The summed E-state index contributed by atoms with van der Waals surface area (Å²) in [6.07, 6.45) is 3.68. The van der Waals surface area contributed by atoms with Crippen molar-refractivity contribution >= 4 is 5.97 Å². The van der Waals surface area contributed by atoms with E-state index >= 15 is 0 Å². The molecule has 0 aromatic heterocycles. The second-order valence-electron chi connectivity index (χ2n) is 7.00. The van der Waals surface area contributed by atoms with Gasteiger partial charge in [-0.05, 0) is 37.5 Å². The van der Waals surface area contributed by atoms with Crippen molar-refractivity contribution in [1.29, 1.82) is 0 Å². The molecular weight excluding hydrogens is 244 g/mol. The van der Waals surface area contributed by atoms with Gasteiger partial charge in [0.15, 0.2) is 5.60 Å². The lowest BCUT2D eigenvalue weighted by Crippen LogP contribution is -2.46. The first-order valence-corrected chi connectivity index (χ1v) is 7.08. The molecule has 1 heterocycles. The van der Waals surface area contributed by atoms with Gasteiger partial charge < -0.3 is 14.9 Å². The van der Waals surface area contributed by atoms with Gasteiger partial charge in [0.05, 0.1) is 12.0 Å². The summed E-state index contributed by atoms with van der Waals surface area (Å²) in [5.41, 5.74) is -0.245. The van der Waals surface area contributed by atoms with Gasteiger partial charge in [0.25, 0.3) is 0 Å². The summed E-state index contributed by atoms with van der Waals surface area (Å²) < 4.78 is 5.35. The summed E-state index contributed by atoms with van der Waals surface area (Å²) in [7, 11) is 0. The highest BCUT2D eigenvalue weighted by atomic mass is 16.6. The Labute approximate surface area is 113 Å². The fraction of sp³-hybridized carbons (Fsp3) is 0.800. The number of esters is 1. The molecule has 0 spiro atoms. The Morgan fingerprint density at radius 3 is 2.74 bits per heavy atom. The average molecular weight is 266 g/mol. The highest BCUT2D eigenvalue weighted by molar-refractivity contribution is 5.82. The average Bonchev–Trinajstić information content (AvgIpc) is 2.45. The third-order valence-electron chi connectivity index (χ3n) is 5.27. The van der Waals surface area contributed by atoms with Gasteiger partial charge in [-0.25, -0.2) is 4.79 Å². The molecule has 2 fully saturated rings. The number of allylic oxidation sites excluding steroid dienone is 1. The van der Waals surface area contributed by atoms with Crippen LogP contribution < -0.4 is 0 Å². The summed E-state index contributed by atoms with van der Waals surface area (Å²) in [6, 6.07) is 0. The Morgan fingerprint density at radius 1 is 1.37 bits per heavy atom. The van der Waals surface area contributed by atoms with Crippen LogP contribution in [0.15, 0.2) is 11.6 Å². The van der Waals surface area contributed by atoms with Crippen LogP contribution in [0.4, 0.5) is 0 Å². The van der Waals surface area contributed by atoms with Crippen molar-refractivity contribution in [3.8, 4) is 0 Å². The third kappa shape index (κ3) is 1.77. The number of aliphatic hydroxyl groups is 2. The smallest absolute Gasteiger partial charge is 0.338 e. The van der Waals surface area contributed by atoms with E-state index in [4.69, 9.17) is 4.74 Å². The maximum Gasteiger partial charge on any atom is 0.338 e. The van der Waals surface area contributed by atoms with Crippen LogP contribution in [0.25, 0.3) is 0 Å². The number of hydrogen-bond donors (Lipinski definition) is 2. The van der Waals surface area contributed by atoms with Crippen LogP contribution in [-0.2, 0) is 9.53 Å². The molecule has 0 aromatic rings. The fourth-order valence-electron chi connectivity index (χ4n) is 4.32. The minimum atomic E-state index is -1.41. The topological polar surface area (TPSA) is 66.8 Å². The van der Waals surface area contributed by atoms with Gasteiger partial charge in [-0.1, -0.05) is 25.5 Å². The molecule has 3 rings (SSSR count). The molecule has 106 valence electrons. The number of carbonyl (C=O) groups excluding carboxylic acids is 1. The minimum absolute atomic E-state index is 0.112. The predicted octanol–water partition coefficient (Wildman–Crippen LogP) is 1.41. The maximum absolute atomic E-state index is 11.8. The Hall–Kier alpha value is -0.870. The SMILES string of the molecule is C[C@H]1C[C@@H](O)C[C@]2(C)C[C@H]3OC(=O)[C@](C)(O)[C@H]3C=C12. The molecule has 3 aliphatic rings. The van der Waals surface area contributed by atoms with Gasteiger partial charge in [-0.15, -0.1) is 0 Å². The number of aliphatic hydroxyl groups excluding tert-OH is 1. The van der Waals surface area contributed by atoms with E-state index in [9.17, 15) is 15.0 Å². The zero-order valence-corrected chi connectivity index (χ0v) is 11.7. The lowest BCUT2D eigenvalue weighted by molar-refractivity contribution is -0.154. The molecule has 4 heteroatoms. The summed E-state index contributed by atoms with van der Waals surface area (Å²) in [6.45, 7) is 5.79. The lowest BCUT2D eigenvalue weighted by Gasteiger charge is -2.47. The Balaban J connectivity index is 2.02. The van der Waals surface area contributed by atoms with E-state index < -0.39 is 11.6 Å². The van der Waals surface area contributed by atoms with E-state index in [1.54, 1.807) is 6.92 Å². The second-order valence-corrected chi connectivity index (χ2v) is 7.00. The van der Waals surface area contributed by atoms with Crippen LogP contribution in [0.5, 0.6) is 0 Å². The normalized spacial score (nSPS) is 53.1. The lowest BCUT2D eigenvalue weighted by atomic mass is 9.58. The van der Waals surface area contributed by atoms with E-state index in [-0.39, 0.29) is 23.5 Å². The molecule has 0 amide bonds. The predicted molar refractivity (Wildman–Crippen MR) is 69.2 cm³/mol. The number of fused-ring (bicyclic) bond motifs is 2. The zero-order chi connectivity index (χ0) is 14.0. The van der Waals surface area contributed by atoms with E-state index in [2.05, 4.69) is 19.9 Å². The quantitative estimate of drug-likeness (QED) is 0.514. The Bertz CT molecular complexity index is 453. The summed E-state index contributed by atoms with van der Waals surface area (Å²) in [4.78, 5) is 11.8. The minimum Gasteiger partial charge on any atom is -0.459 e. The van der Waals surface area contributed by atoms with Crippen molar-refractivity contribution in [3.05, 3.63) is 11.6 Å². The van der Waals surface area contributed by atoms with Crippen LogP contribution in [-0.4, -0.2) is 34.0 Å². The monoisotopic (exact) mass is 266 g/mol. The van der Waals surface area contributed by atoms with Crippen LogP contribution in [0, 0.1) is 17.3 Å². The number of rotatable bonds is 0. The highest BCUT2D eigenvalue weighted by Crippen LogP contribution is 2.54. The molecule has 6 atom stereocenters. The van der Waals surface area contributed by atoms with E-state index in [0.717, 1.165) is 6.42 Å². The number of hydrogen-bond acceptors (Lipinski definition) is 4. The van der Waals surface area contributed by atoms with Crippen molar-refractivity contribution in [3.63, 3.8) is 0 Å². The molecule has 0 bridgehead atoms. The standard InChI is InChI=1S/C15H22O4/c1-8-4-9(16)6-14(2)7-12-11(5-10(8)14)15(3,18)13(17)19-12/h5,8-9,11-12,16,18H,4,6-7H2,1-3H3/t8-,9+,11-,12+,14+,15+/m0/s1. The van der Waals surface area contributed by atoms with Crippen molar-refractivity contribution in [2.75, 3.05) is 0 Å². The summed E-state index contributed by atoms with van der Waals surface area (Å²) in [5, 5.41) is 20.3. The van der Waals surface area contributed by atoms with Gasteiger partial charge >= 0.3 is 5.97 Å². The molecule has 1 aliphatic heterocycles. The van der Waals surface area contributed by atoms with E-state index in [1.165, 1.54) is 5.57 Å². The molecule has 19 heavy (non-hydrogen) atoms. The molecule has 1 saturated carbocycles. The first-order chi connectivity index (χ1) is 8.74.